The predicted molar refractivity (Wildman–Crippen MR) is 67.0 cm³/mol. The molecule has 0 unspecified atom stereocenters. The van der Waals surface area contributed by atoms with Crippen molar-refractivity contribution in [1.82, 2.24) is 4.98 Å². The summed E-state index contributed by atoms with van der Waals surface area (Å²) in [6.07, 6.45) is 4.89. The van der Waals surface area contributed by atoms with Gasteiger partial charge in [0.05, 0.1) is 12.3 Å². The molecule has 0 amide bonds. The maximum atomic E-state index is 11.8. The molecule has 0 spiro atoms. The van der Waals surface area contributed by atoms with E-state index in [9.17, 15) is 4.79 Å². The number of nitrogens with zero attached hydrogens (tertiary/aromatic N) is 1. The molecule has 1 aromatic heterocycles. The first-order valence-electron chi connectivity index (χ1n) is 6.04. The zero-order valence-corrected chi connectivity index (χ0v) is 10.9. The van der Waals surface area contributed by atoms with Crippen LogP contribution in [0, 0.1) is 12.8 Å². The standard InChI is InChI=1S/C12H18N2O2S/c1-8-11(17-10(7-13)14-8)12(15)16-6-5-9-3-2-4-9/h9H,2-7,13H2,1H3. The molecule has 5 heteroatoms. The van der Waals surface area contributed by atoms with Gasteiger partial charge in [-0.15, -0.1) is 11.3 Å². The van der Waals surface area contributed by atoms with Crippen LogP contribution in [0.2, 0.25) is 0 Å². The van der Waals surface area contributed by atoms with Crippen molar-refractivity contribution in [1.29, 1.82) is 0 Å². The molecule has 1 aliphatic rings. The fourth-order valence-electron chi connectivity index (χ4n) is 1.89. The molecule has 1 saturated carbocycles. The van der Waals surface area contributed by atoms with E-state index in [1.807, 2.05) is 6.92 Å². The lowest BCUT2D eigenvalue weighted by atomic mass is 9.83. The molecule has 0 bridgehead atoms. The maximum absolute atomic E-state index is 11.8. The van der Waals surface area contributed by atoms with E-state index in [4.69, 9.17) is 10.5 Å². The highest BCUT2D eigenvalue weighted by molar-refractivity contribution is 7.13. The van der Waals surface area contributed by atoms with Crippen LogP contribution in [-0.4, -0.2) is 17.6 Å². The van der Waals surface area contributed by atoms with E-state index in [0.29, 0.717) is 18.0 Å². The van der Waals surface area contributed by atoms with Crippen LogP contribution in [0.4, 0.5) is 0 Å². The van der Waals surface area contributed by atoms with Gasteiger partial charge in [0.1, 0.15) is 9.88 Å². The highest BCUT2D eigenvalue weighted by atomic mass is 32.1. The van der Waals surface area contributed by atoms with Gasteiger partial charge in [-0.1, -0.05) is 19.3 Å². The van der Waals surface area contributed by atoms with Crippen LogP contribution >= 0.6 is 11.3 Å². The number of carbonyl (C=O) groups excluding carboxylic acids is 1. The van der Waals surface area contributed by atoms with Gasteiger partial charge in [0.25, 0.3) is 0 Å². The number of aryl methyl sites for hydroxylation is 1. The first-order chi connectivity index (χ1) is 8.20. The Bertz CT molecular complexity index is 399. The number of hydrogen-bond acceptors (Lipinski definition) is 5. The van der Waals surface area contributed by atoms with E-state index in [1.165, 1.54) is 30.6 Å². The van der Waals surface area contributed by atoms with Crippen LogP contribution in [0.15, 0.2) is 0 Å². The second-order valence-corrected chi connectivity index (χ2v) is 5.53. The lowest BCUT2D eigenvalue weighted by Gasteiger charge is -2.24. The van der Waals surface area contributed by atoms with E-state index in [0.717, 1.165) is 23.0 Å². The third-order valence-corrected chi connectivity index (χ3v) is 4.34. The van der Waals surface area contributed by atoms with E-state index < -0.39 is 0 Å². The molecule has 0 aromatic carbocycles. The molecule has 1 fully saturated rings. The minimum absolute atomic E-state index is 0.251. The SMILES string of the molecule is Cc1nc(CN)sc1C(=O)OCCC1CCC1. The largest absolute Gasteiger partial charge is 0.461 e. The third kappa shape index (κ3) is 3.04. The molecule has 1 aromatic rings. The minimum atomic E-state index is -0.251. The van der Waals surface area contributed by atoms with Crippen LogP contribution in [0.5, 0.6) is 0 Å². The molecule has 0 aliphatic heterocycles. The number of rotatable bonds is 5. The molecule has 4 nitrogen and oxygen atoms in total. The number of carbonyl (C=O) groups is 1. The van der Waals surface area contributed by atoms with Gasteiger partial charge in [-0.3, -0.25) is 0 Å². The van der Waals surface area contributed by atoms with E-state index >= 15 is 0 Å². The van der Waals surface area contributed by atoms with Crippen molar-refractivity contribution in [3.63, 3.8) is 0 Å². The van der Waals surface area contributed by atoms with Gasteiger partial charge in [0, 0.05) is 6.54 Å². The average molecular weight is 254 g/mol. The lowest BCUT2D eigenvalue weighted by Crippen LogP contribution is -2.15. The lowest BCUT2D eigenvalue weighted by molar-refractivity contribution is 0.0469. The normalized spacial score (nSPS) is 15.6. The first kappa shape index (κ1) is 12.5. The average Bonchev–Trinajstić information content (AvgIpc) is 2.63. The van der Waals surface area contributed by atoms with Crippen LogP contribution < -0.4 is 5.73 Å². The summed E-state index contributed by atoms with van der Waals surface area (Å²) < 4.78 is 5.26. The number of nitrogens with two attached hydrogens (primary N) is 1. The van der Waals surface area contributed by atoms with Gasteiger partial charge in [0.15, 0.2) is 0 Å². The Kier molecular flexibility index (Phi) is 4.12. The molecule has 17 heavy (non-hydrogen) atoms. The molecule has 1 heterocycles. The van der Waals surface area contributed by atoms with Crippen LogP contribution in [0.3, 0.4) is 0 Å². The Morgan fingerprint density at radius 3 is 2.88 bits per heavy atom. The molecule has 0 atom stereocenters. The Hall–Kier alpha value is -0.940. The Balaban J connectivity index is 1.83. The molecule has 1 aliphatic carbocycles. The zero-order chi connectivity index (χ0) is 12.3. The maximum Gasteiger partial charge on any atom is 0.350 e. The van der Waals surface area contributed by atoms with Gasteiger partial charge in [-0.05, 0) is 19.3 Å². The minimum Gasteiger partial charge on any atom is -0.461 e. The molecule has 2 N–H and O–H groups in total. The molecule has 0 saturated heterocycles. The van der Waals surface area contributed by atoms with Crippen LogP contribution in [0.1, 0.15) is 46.1 Å². The molecule has 0 radical (unpaired) electrons. The fraction of sp³-hybridized carbons (Fsp3) is 0.667. The fourth-order valence-corrected chi connectivity index (χ4v) is 2.73. The summed E-state index contributed by atoms with van der Waals surface area (Å²) in [4.78, 5) is 16.6. The highest BCUT2D eigenvalue weighted by Gasteiger charge is 2.19. The topological polar surface area (TPSA) is 65.2 Å². The summed E-state index contributed by atoms with van der Waals surface area (Å²) in [6, 6.07) is 0. The number of hydrogen-bond donors (Lipinski definition) is 1. The monoisotopic (exact) mass is 254 g/mol. The van der Waals surface area contributed by atoms with E-state index in [-0.39, 0.29) is 5.97 Å². The highest BCUT2D eigenvalue weighted by Crippen LogP contribution is 2.29. The van der Waals surface area contributed by atoms with Crippen molar-refractivity contribution in [2.24, 2.45) is 11.7 Å². The van der Waals surface area contributed by atoms with Crippen molar-refractivity contribution in [2.75, 3.05) is 6.61 Å². The summed E-state index contributed by atoms with van der Waals surface area (Å²) in [6.45, 7) is 2.72. The summed E-state index contributed by atoms with van der Waals surface area (Å²) in [5, 5.41) is 0.786. The van der Waals surface area contributed by atoms with Crippen LogP contribution in [-0.2, 0) is 11.3 Å². The molecule has 2 rings (SSSR count). The second kappa shape index (κ2) is 5.60. The van der Waals surface area contributed by atoms with Crippen molar-refractivity contribution >= 4 is 17.3 Å². The Morgan fingerprint density at radius 1 is 1.59 bits per heavy atom. The Morgan fingerprint density at radius 2 is 2.35 bits per heavy atom. The van der Waals surface area contributed by atoms with Gasteiger partial charge < -0.3 is 10.5 Å². The molecule has 94 valence electrons. The third-order valence-electron chi connectivity index (χ3n) is 3.18. The predicted octanol–water partition coefficient (Wildman–Crippen LogP) is 2.26. The summed E-state index contributed by atoms with van der Waals surface area (Å²) in [5.74, 6) is 0.518. The summed E-state index contributed by atoms with van der Waals surface area (Å²) in [5.41, 5.74) is 6.22. The van der Waals surface area contributed by atoms with Gasteiger partial charge >= 0.3 is 5.97 Å². The first-order valence-corrected chi connectivity index (χ1v) is 6.86. The number of esters is 1. The van der Waals surface area contributed by atoms with Gasteiger partial charge in [0.2, 0.25) is 0 Å². The number of aromatic nitrogens is 1. The van der Waals surface area contributed by atoms with E-state index in [2.05, 4.69) is 4.98 Å². The van der Waals surface area contributed by atoms with Crippen molar-refractivity contribution in [3.8, 4) is 0 Å². The smallest absolute Gasteiger partial charge is 0.350 e. The zero-order valence-electron chi connectivity index (χ0n) is 10.1. The van der Waals surface area contributed by atoms with Crippen LogP contribution in [0.25, 0.3) is 0 Å². The van der Waals surface area contributed by atoms with E-state index in [1.54, 1.807) is 0 Å². The summed E-state index contributed by atoms with van der Waals surface area (Å²) >= 11 is 1.34. The summed E-state index contributed by atoms with van der Waals surface area (Å²) in [7, 11) is 0. The number of thiazole rings is 1. The van der Waals surface area contributed by atoms with Gasteiger partial charge in [-0.25, -0.2) is 9.78 Å². The van der Waals surface area contributed by atoms with Crippen molar-refractivity contribution in [3.05, 3.63) is 15.6 Å². The van der Waals surface area contributed by atoms with Crippen molar-refractivity contribution in [2.45, 2.75) is 39.2 Å². The molecular formula is C12H18N2O2S. The molecular weight excluding hydrogens is 236 g/mol. The van der Waals surface area contributed by atoms with Gasteiger partial charge in [-0.2, -0.15) is 0 Å². The Labute approximate surface area is 105 Å². The quantitative estimate of drug-likeness (QED) is 0.818. The second-order valence-electron chi connectivity index (χ2n) is 4.45. The number of ether oxygens (including phenoxy) is 1. The van der Waals surface area contributed by atoms with Crippen molar-refractivity contribution < 1.29 is 9.53 Å².